The minimum atomic E-state index is 0.0269. The first kappa shape index (κ1) is 13.5. The van der Waals surface area contributed by atoms with Crippen LogP contribution >= 0.6 is 0 Å². The van der Waals surface area contributed by atoms with E-state index in [-0.39, 0.29) is 11.3 Å². The predicted molar refractivity (Wildman–Crippen MR) is 67.0 cm³/mol. The zero-order valence-corrected chi connectivity index (χ0v) is 11.0. The second-order valence-electron chi connectivity index (χ2n) is 5.90. The standard InChI is InChI=1S/C13H26N2O/c1-13(2,9-14)10-15(3)12(16)11-7-5-4-6-8-11/h11H,4-10,14H2,1-3H3. The van der Waals surface area contributed by atoms with Gasteiger partial charge in [0.05, 0.1) is 0 Å². The number of nitrogens with two attached hydrogens (primary N) is 1. The lowest BCUT2D eigenvalue weighted by molar-refractivity contribution is -0.136. The van der Waals surface area contributed by atoms with Gasteiger partial charge in [-0.25, -0.2) is 0 Å². The molecular formula is C13H26N2O. The van der Waals surface area contributed by atoms with E-state index in [2.05, 4.69) is 13.8 Å². The topological polar surface area (TPSA) is 46.3 Å². The summed E-state index contributed by atoms with van der Waals surface area (Å²) in [5.41, 5.74) is 5.72. The Labute approximate surface area is 99.4 Å². The number of nitrogens with zero attached hydrogens (tertiary/aromatic N) is 1. The predicted octanol–water partition coefficient (Wildman–Crippen LogP) is 2.01. The highest BCUT2D eigenvalue weighted by Crippen LogP contribution is 2.26. The fourth-order valence-electron chi connectivity index (χ4n) is 2.45. The third-order valence-electron chi connectivity index (χ3n) is 3.55. The zero-order valence-electron chi connectivity index (χ0n) is 11.0. The van der Waals surface area contributed by atoms with Gasteiger partial charge >= 0.3 is 0 Å². The molecule has 1 aliphatic carbocycles. The molecule has 1 rings (SSSR count). The van der Waals surface area contributed by atoms with E-state index in [1.807, 2.05) is 11.9 Å². The Bertz CT molecular complexity index is 232. The summed E-state index contributed by atoms with van der Waals surface area (Å²) in [6.45, 7) is 5.60. The number of amides is 1. The van der Waals surface area contributed by atoms with E-state index in [4.69, 9.17) is 5.73 Å². The summed E-state index contributed by atoms with van der Waals surface area (Å²) < 4.78 is 0. The second kappa shape index (κ2) is 5.67. The van der Waals surface area contributed by atoms with E-state index in [0.717, 1.165) is 19.4 Å². The summed E-state index contributed by atoms with van der Waals surface area (Å²) in [4.78, 5) is 14.1. The molecule has 0 radical (unpaired) electrons. The van der Waals surface area contributed by atoms with E-state index in [9.17, 15) is 4.79 Å². The molecule has 1 saturated carbocycles. The van der Waals surface area contributed by atoms with Crippen LogP contribution < -0.4 is 5.73 Å². The van der Waals surface area contributed by atoms with Gasteiger partial charge in [0.15, 0.2) is 0 Å². The van der Waals surface area contributed by atoms with Gasteiger partial charge in [0.2, 0.25) is 5.91 Å². The molecule has 0 atom stereocenters. The van der Waals surface area contributed by atoms with Gasteiger partial charge in [0.1, 0.15) is 0 Å². The average molecular weight is 226 g/mol. The number of carbonyl (C=O) groups excluding carboxylic acids is 1. The lowest BCUT2D eigenvalue weighted by atomic mass is 9.87. The molecule has 0 aromatic rings. The van der Waals surface area contributed by atoms with Crippen molar-refractivity contribution in [3.8, 4) is 0 Å². The van der Waals surface area contributed by atoms with Crippen molar-refractivity contribution in [1.82, 2.24) is 4.90 Å². The van der Waals surface area contributed by atoms with Gasteiger partial charge in [-0.2, -0.15) is 0 Å². The van der Waals surface area contributed by atoms with Crippen LogP contribution in [0.5, 0.6) is 0 Å². The average Bonchev–Trinajstić information content (AvgIpc) is 2.28. The Kier molecular flexibility index (Phi) is 4.78. The molecule has 0 saturated heterocycles. The van der Waals surface area contributed by atoms with Gasteiger partial charge in [-0.1, -0.05) is 33.1 Å². The lowest BCUT2D eigenvalue weighted by Gasteiger charge is -2.32. The quantitative estimate of drug-likeness (QED) is 0.797. The molecular weight excluding hydrogens is 200 g/mol. The third kappa shape index (κ3) is 3.78. The maximum Gasteiger partial charge on any atom is 0.225 e. The molecule has 3 nitrogen and oxygen atoms in total. The van der Waals surface area contributed by atoms with Crippen LogP contribution in [-0.2, 0) is 4.79 Å². The molecule has 0 heterocycles. The molecule has 1 amide bonds. The van der Waals surface area contributed by atoms with E-state index in [1.165, 1.54) is 19.3 Å². The van der Waals surface area contributed by atoms with Crippen LogP contribution in [0.3, 0.4) is 0 Å². The van der Waals surface area contributed by atoms with Crippen LogP contribution in [-0.4, -0.2) is 30.9 Å². The molecule has 0 aromatic carbocycles. The van der Waals surface area contributed by atoms with Gasteiger partial charge in [0.25, 0.3) is 0 Å². The molecule has 1 fully saturated rings. The fraction of sp³-hybridized carbons (Fsp3) is 0.923. The first-order valence-corrected chi connectivity index (χ1v) is 6.41. The highest BCUT2D eigenvalue weighted by molar-refractivity contribution is 5.78. The van der Waals surface area contributed by atoms with Gasteiger partial charge in [0, 0.05) is 19.5 Å². The van der Waals surface area contributed by atoms with Gasteiger partial charge in [-0.05, 0) is 24.8 Å². The van der Waals surface area contributed by atoms with Crippen molar-refractivity contribution in [3.63, 3.8) is 0 Å². The number of hydrogen-bond acceptors (Lipinski definition) is 2. The maximum atomic E-state index is 12.2. The fourth-order valence-corrected chi connectivity index (χ4v) is 2.45. The summed E-state index contributed by atoms with van der Waals surface area (Å²) in [5, 5.41) is 0. The Morgan fingerprint density at radius 3 is 2.38 bits per heavy atom. The van der Waals surface area contributed by atoms with Gasteiger partial charge in [-0.3, -0.25) is 4.79 Å². The Hall–Kier alpha value is -0.570. The summed E-state index contributed by atoms with van der Waals surface area (Å²) in [5.74, 6) is 0.591. The molecule has 0 aromatic heterocycles. The van der Waals surface area contributed by atoms with Crippen LogP contribution in [0.15, 0.2) is 0 Å². The smallest absolute Gasteiger partial charge is 0.225 e. The minimum absolute atomic E-state index is 0.0269. The molecule has 0 aliphatic heterocycles. The van der Waals surface area contributed by atoms with Crippen LogP contribution in [0.2, 0.25) is 0 Å². The number of hydrogen-bond donors (Lipinski definition) is 1. The van der Waals surface area contributed by atoms with Crippen LogP contribution in [0.25, 0.3) is 0 Å². The summed E-state index contributed by atoms with van der Waals surface area (Å²) in [6.07, 6.45) is 5.87. The van der Waals surface area contributed by atoms with Crippen molar-refractivity contribution in [2.45, 2.75) is 46.0 Å². The first-order valence-electron chi connectivity index (χ1n) is 6.41. The number of carbonyl (C=O) groups is 1. The first-order chi connectivity index (χ1) is 7.46. The van der Waals surface area contributed by atoms with Crippen LogP contribution in [0, 0.1) is 11.3 Å². The zero-order chi connectivity index (χ0) is 12.2. The molecule has 2 N–H and O–H groups in total. The van der Waals surface area contributed by atoms with Crippen molar-refractivity contribution in [2.75, 3.05) is 20.1 Å². The van der Waals surface area contributed by atoms with Crippen molar-refractivity contribution in [2.24, 2.45) is 17.1 Å². The highest BCUT2D eigenvalue weighted by atomic mass is 16.2. The Balaban J connectivity index is 2.46. The van der Waals surface area contributed by atoms with E-state index in [0.29, 0.717) is 12.5 Å². The molecule has 16 heavy (non-hydrogen) atoms. The molecule has 1 aliphatic rings. The van der Waals surface area contributed by atoms with Crippen molar-refractivity contribution < 1.29 is 4.79 Å². The largest absolute Gasteiger partial charge is 0.345 e. The number of rotatable bonds is 4. The minimum Gasteiger partial charge on any atom is -0.345 e. The monoisotopic (exact) mass is 226 g/mol. The van der Waals surface area contributed by atoms with Crippen molar-refractivity contribution >= 4 is 5.91 Å². The molecule has 0 bridgehead atoms. The van der Waals surface area contributed by atoms with E-state index in [1.54, 1.807) is 0 Å². The molecule has 94 valence electrons. The van der Waals surface area contributed by atoms with Crippen molar-refractivity contribution in [1.29, 1.82) is 0 Å². The Morgan fingerprint density at radius 2 is 1.88 bits per heavy atom. The molecule has 3 heteroatoms. The normalized spacial score (nSPS) is 18.5. The van der Waals surface area contributed by atoms with Gasteiger partial charge < -0.3 is 10.6 Å². The van der Waals surface area contributed by atoms with Crippen LogP contribution in [0.1, 0.15) is 46.0 Å². The Morgan fingerprint density at radius 1 is 1.31 bits per heavy atom. The second-order valence-corrected chi connectivity index (χ2v) is 5.90. The van der Waals surface area contributed by atoms with Gasteiger partial charge in [-0.15, -0.1) is 0 Å². The molecule has 0 unspecified atom stereocenters. The third-order valence-corrected chi connectivity index (χ3v) is 3.55. The summed E-state index contributed by atoms with van der Waals surface area (Å²) in [7, 11) is 1.91. The van der Waals surface area contributed by atoms with E-state index < -0.39 is 0 Å². The van der Waals surface area contributed by atoms with E-state index >= 15 is 0 Å². The highest BCUT2D eigenvalue weighted by Gasteiger charge is 2.27. The lowest BCUT2D eigenvalue weighted by Crippen LogP contribution is -2.42. The SMILES string of the molecule is CN(CC(C)(C)CN)C(=O)C1CCCCC1. The summed E-state index contributed by atoms with van der Waals surface area (Å²) in [6, 6.07) is 0. The summed E-state index contributed by atoms with van der Waals surface area (Å²) >= 11 is 0. The molecule has 0 spiro atoms. The van der Waals surface area contributed by atoms with Crippen molar-refractivity contribution in [3.05, 3.63) is 0 Å². The maximum absolute atomic E-state index is 12.2. The van der Waals surface area contributed by atoms with Crippen LogP contribution in [0.4, 0.5) is 0 Å².